The fraction of sp³-hybridized carbons (Fsp3) is 0.464. The predicted octanol–water partition coefficient (Wildman–Crippen LogP) is 3.63. The molecule has 2 aliphatic heterocycles. The van der Waals surface area contributed by atoms with Gasteiger partial charge in [0.05, 0.1) is 22.2 Å². The number of aromatic nitrogens is 3. The van der Waals surface area contributed by atoms with Crippen molar-refractivity contribution in [2.45, 2.75) is 42.5 Å². The molecule has 226 valence electrons. The number of piperidine rings is 2. The Morgan fingerprint density at radius 2 is 2.02 bits per heavy atom. The Morgan fingerprint density at radius 1 is 1.26 bits per heavy atom. The zero-order valence-electron chi connectivity index (χ0n) is 23.1. The summed E-state index contributed by atoms with van der Waals surface area (Å²) in [6, 6.07) is 4.25. The number of halogens is 3. The van der Waals surface area contributed by atoms with E-state index in [1.165, 1.54) is 24.4 Å². The molecule has 0 saturated carbocycles. The first-order valence-corrected chi connectivity index (χ1v) is 15.6. The van der Waals surface area contributed by atoms with Crippen molar-refractivity contribution in [3.05, 3.63) is 48.8 Å². The second-order valence-electron chi connectivity index (χ2n) is 10.8. The molecular formula is C28H33F3N6O4S. The van der Waals surface area contributed by atoms with Gasteiger partial charge in [0, 0.05) is 68.4 Å². The number of fused-ring (bicyclic) bond motifs is 1. The lowest BCUT2D eigenvalue weighted by Crippen LogP contribution is -2.47. The Labute approximate surface area is 241 Å². The van der Waals surface area contributed by atoms with Gasteiger partial charge in [0.2, 0.25) is 11.9 Å². The normalized spacial score (nSPS) is 20.5. The average Bonchev–Trinajstić information content (AvgIpc) is 3.39. The van der Waals surface area contributed by atoms with Gasteiger partial charge in [-0.05, 0) is 37.3 Å². The number of hydrogen-bond acceptors (Lipinski definition) is 8. The van der Waals surface area contributed by atoms with Gasteiger partial charge in [-0.15, -0.1) is 0 Å². The fourth-order valence-corrected chi connectivity index (χ4v) is 6.40. The highest BCUT2D eigenvalue weighted by Crippen LogP contribution is 2.39. The molecule has 2 atom stereocenters. The lowest BCUT2D eigenvalue weighted by molar-refractivity contribution is -0.137. The van der Waals surface area contributed by atoms with Crippen LogP contribution >= 0.6 is 0 Å². The molecule has 2 aromatic heterocycles. The molecule has 2 saturated heterocycles. The minimum atomic E-state index is -4.73. The zero-order valence-corrected chi connectivity index (χ0v) is 23.9. The van der Waals surface area contributed by atoms with Crippen LogP contribution in [0.4, 0.5) is 19.1 Å². The number of alkyl halides is 3. The molecule has 42 heavy (non-hydrogen) atoms. The number of sulfone groups is 1. The van der Waals surface area contributed by atoms with Crippen molar-refractivity contribution in [1.29, 1.82) is 0 Å². The Balaban J connectivity index is 1.30. The zero-order chi connectivity index (χ0) is 30.1. The van der Waals surface area contributed by atoms with Crippen molar-refractivity contribution < 1.29 is 31.1 Å². The summed E-state index contributed by atoms with van der Waals surface area (Å²) in [6.07, 6.45) is 1.92. The van der Waals surface area contributed by atoms with Crippen LogP contribution in [0, 0.1) is 5.92 Å². The number of para-hydroxylation sites is 1. The Kier molecular flexibility index (Phi) is 8.58. The summed E-state index contributed by atoms with van der Waals surface area (Å²) in [4.78, 5) is 24.6. The van der Waals surface area contributed by atoms with Gasteiger partial charge in [-0.25, -0.2) is 18.4 Å². The van der Waals surface area contributed by atoms with E-state index in [-0.39, 0.29) is 45.7 Å². The van der Waals surface area contributed by atoms with Gasteiger partial charge >= 0.3 is 6.18 Å². The first-order valence-electron chi connectivity index (χ1n) is 13.7. The first-order chi connectivity index (χ1) is 19.9. The van der Waals surface area contributed by atoms with E-state index in [1.807, 2.05) is 0 Å². The maximum Gasteiger partial charge on any atom is 0.419 e. The van der Waals surface area contributed by atoms with E-state index >= 15 is 0 Å². The summed E-state index contributed by atoms with van der Waals surface area (Å²) in [5.74, 6) is 0.308. The number of aromatic amines is 1. The van der Waals surface area contributed by atoms with E-state index in [1.54, 1.807) is 11.0 Å². The van der Waals surface area contributed by atoms with Gasteiger partial charge in [0.25, 0.3) is 0 Å². The molecule has 0 aliphatic carbocycles. The molecule has 1 amide bonds. The van der Waals surface area contributed by atoms with Gasteiger partial charge < -0.3 is 25.3 Å². The van der Waals surface area contributed by atoms with Crippen LogP contribution in [-0.2, 0) is 25.5 Å². The van der Waals surface area contributed by atoms with Crippen LogP contribution in [0.15, 0.2) is 48.1 Å². The number of carbonyl (C=O) groups is 1. The van der Waals surface area contributed by atoms with Crippen LogP contribution in [0.25, 0.3) is 22.2 Å². The SMILES string of the molecule is C=CC(=O)N1CCC(CO[C@H]2CNC[C@@H](Nc3ncc(C(F)(F)F)c(-c4c[nH]c5c(S(C)(=O)=O)cccc45)n3)C2)CC1. The third-order valence-corrected chi connectivity index (χ3v) is 8.88. The Hall–Kier alpha value is -3.49. The molecule has 0 unspecified atom stereocenters. The smallest absolute Gasteiger partial charge is 0.377 e. The van der Waals surface area contributed by atoms with Gasteiger partial charge in [0.15, 0.2) is 9.84 Å². The van der Waals surface area contributed by atoms with Gasteiger partial charge in [0.1, 0.15) is 5.56 Å². The number of anilines is 1. The highest BCUT2D eigenvalue weighted by molar-refractivity contribution is 7.91. The largest absolute Gasteiger partial charge is 0.419 e. The van der Waals surface area contributed by atoms with E-state index in [9.17, 15) is 26.4 Å². The van der Waals surface area contributed by atoms with Crippen LogP contribution in [0.1, 0.15) is 24.8 Å². The van der Waals surface area contributed by atoms with Gasteiger partial charge in [-0.2, -0.15) is 13.2 Å². The first kappa shape index (κ1) is 30.0. The van der Waals surface area contributed by atoms with Crippen LogP contribution < -0.4 is 10.6 Å². The lowest BCUT2D eigenvalue weighted by Gasteiger charge is -2.34. The quantitative estimate of drug-likeness (QED) is 0.332. The summed E-state index contributed by atoms with van der Waals surface area (Å²) < 4.78 is 72.7. The summed E-state index contributed by atoms with van der Waals surface area (Å²) in [7, 11) is -3.63. The van der Waals surface area contributed by atoms with Crippen LogP contribution in [0.5, 0.6) is 0 Å². The Morgan fingerprint density at radius 3 is 2.71 bits per heavy atom. The minimum absolute atomic E-state index is 0.0117. The van der Waals surface area contributed by atoms with E-state index in [0.29, 0.717) is 50.5 Å². The second kappa shape index (κ2) is 12.0. The van der Waals surface area contributed by atoms with Crippen LogP contribution in [0.2, 0.25) is 0 Å². The number of nitrogens with zero attached hydrogens (tertiary/aromatic N) is 3. The van der Waals surface area contributed by atoms with Crippen molar-refractivity contribution in [2.75, 3.05) is 44.4 Å². The van der Waals surface area contributed by atoms with Crippen molar-refractivity contribution in [1.82, 2.24) is 25.2 Å². The third-order valence-electron chi connectivity index (χ3n) is 7.74. The number of H-pyrrole nitrogens is 1. The van der Waals surface area contributed by atoms with E-state index in [0.717, 1.165) is 25.3 Å². The topological polar surface area (TPSA) is 129 Å². The van der Waals surface area contributed by atoms with E-state index < -0.39 is 21.6 Å². The van der Waals surface area contributed by atoms with Crippen LogP contribution in [0.3, 0.4) is 0 Å². The number of nitrogens with one attached hydrogen (secondary N) is 3. The molecule has 3 N–H and O–H groups in total. The molecule has 14 heteroatoms. The Bertz CT molecular complexity index is 1570. The van der Waals surface area contributed by atoms with Gasteiger partial charge in [-0.1, -0.05) is 18.7 Å². The number of carbonyl (C=O) groups excluding carboxylic acids is 1. The molecular weight excluding hydrogens is 573 g/mol. The maximum atomic E-state index is 14.0. The van der Waals surface area contributed by atoms with Crippen LogP contribution in [-0.4, -0.2) is 85.4 Å². The number of hydrogen-bond donors (Lipinski definition) is 3. The fourth-order valence-electron chi connectivity index (χ4n) is 5.54. The molecule has 3 aromatic rings. The van der Waals surface area contributed by atoms with E-state index in [4.69, 9.17) is 4.74 Å². The lowest BCUT2D eigenvalue weighted by atomic mass is 9.97. The molecule has 2 fully saturated rings. The number of rotatable bonds is 8. The molecule has 0 radical (unpaired) electrons. The number of amides is 1. The van der Waals surface area contributed by atoms with Gasteiger partial charge in [-0.3, -0.25) is 4.79 Å². The van der Waals surface area contributed by atoms with Crippen molar-refractivity contribution in [3.8, 4) is 11.3 Å². The number of ether oxygens (including phenoxy) is 1. The van der Waals surface area contributed by atoms with Crippen molar-refractivity contribution in [3.63, 3.8) is 0 Å². The number of likely N-dealkylation sites (tertiary alicyclic amines) is 1. The molecule has 0 spiro atoms. The van der Waals surface area contributed by atoms with E-state index in [2.05, 4.69) is 32.2 Å². The monoisotopic (exact) mass is 606 g/mol. The summed E-state index contributed by atoms with van der Waals surface area (Å²) in [6.45, 7) is 6.63. The van der Waals surface area contributed by atoms with Crippen molar-refractivity contribution >= 4 is 32.6 Å². The molecule has 0 bridgehead atoms. The highest BCUT2D eigenvalue weighted by Gasteiger charge is 2.36. The number of benzene rings is 1. The molecule has 5 rings (SSSR count). The van der Waals surface area contributed by atoms with Crippen molar-refractivity contribution in [2.24, 2.45) is 5.92 Å². The average molecular weight is 607 g/mol. The molecule has 1 aromatic carbocycles. The molecule has 10 nitrogen and oxygen atoms in total. The predicted molar refractivity (Wildman–Crippen MR) is 152 cm³/mol. The summed E-state index contributed by atoms with van der Waals surface area (Å²) in [5.41, 5.74) is -1.04. The standard InChI is InChI=1S/C28H33F3N6O4S/c1-3-24(38)37-9-7-17(8-10-37)16-41-19-11-18(12-32-13-19)35-27-34-15-22(28(29,30)31)25(36-27)21-14-33-26-20(21)5-4-6-23(26)42(2,39)40/h3-6,14-15,17-19,32-33H,1,7-13,16H2,2H3,(H,34,35,36)/t18-,19+/m0/s1. The molecule has 4 heterocycles. The summed E-state index contributed by atoms with van der Waals surface area (Å²) in [5, 5.41) is 6.75. The summed E-state index contributed by atoms with van der Waals surface area (Å²) >= 11 is 0. The highest BCUT2D eigenvalue weighted by atomic mass is 32.2. The maximum absolute atomic E-state index is 14.0. The third kappa shape index (κ3) is 6.60. The molecule has 2 aliphatic rings. The second-order valence-corrected chi connectivity index (χ2v) is 12.8. The minimum Gasteiger partial charge on any atom is -0.377 e.